The zero-order valence-electron chi connectivity index (χ0n) is 12.0. The van der Waals surface area contributed by atoms with Crippen molar-refractivity contribution in [2.24, 2.45) is 0 Å². The van der Waals surface area contributed by atoms with Gasteiger partial charge < -0.3 is 15.2 Å². The Morgan fingerprint density at radius 1 is 1.10 bits per heavy atom. The Labute approximate surface area is 140 Å². The zero-order valence-corrected chi connectivity index (χ0v) is 15.9. The van der Waals surface area contributed by atoms with Crippen LogP contribution in [0.1, 0.15) is 13.8 Å². The standard InChI is InChI=1S/C16H21NO2.Pb/c1-12(2)17-10-14(18)11-19-16-9-5-7-13-6-3-4-8-15(13)16;/h3-9,12,14,17-18H,10-11H2,1-2H3;. The van der Waals surface area contributed by atoms with Crippen LogP contribution in [0.2, 0.25) is 0 Å². The second-order valence-electron chi connectivity index (χ2n) is 5.01. The minimum atomic E-state index is -0.499. The first kappa shape index (κ1) is 17.4. The summed E-state index contributed by atoms with van der Waals surface area (Å²) in [5.74, 6) is 0.821. The van der Waals surface area contributed by atoms with E-state index in [0.29, 0.717) is 19.2 Å². The summed E-state index contributed by atoms with van der Waals surface area (Å²) in [6, 6.07) is 14.4. The summed E-state index contributed by atoms with van der Waals surface area (Å²) >= 11 is 0. The first-order chi connectivity index (χ1) is 9.16. The summed E-state index contributed by atoms with van der Waals surface area (Å²) in [4.78, 5) is 0. The molecule has 0 saturated carbocycles. The summed E-state index contributed by atoms with van der Waals surface area (Å²) in [6.45, 7) is 4.95. The number of rotatable bonds is 6. The van der Waals surface area contributed by atoms with Crippen LogP contribution in [0, 0.1) is 0 Å². The molecule has 1 unspecified atom stereocenters. The van der Waals surface area contributed by atoms with Gasteiger partial charge in [0.25, 0.3) is 0 Å². The quantitative estimate of drug-likeness (QED) is 0.642. The normalized spacial score (nSPS) is 12.2. The van der Waals surface area contributed by atoms with Gasteiger partial charge in [0, 0.05) is 45.3 Å². The van der Waals surface area contributed by atoms with Gasteiger partial charge >= 0.3 is 0 Å². The van der Waals surface area contributed by atoms with Gasteiger partial charge in [0.2, 0.25) is 0 Å². The van der Waals surface area contributed by atoms with Gasteiger partial charge in [-0.15, -0.1) is 0 Å². The monoisotopic (exact) mass is 467 g/mol. The molecule has 0 aliphatic heterocycles. The molecular formula is C16H21NO2Pb. The van der Waals surface area contributed by atoms with Crippen LogP contribution in [0.15, 0.2) is 42.5 Å². The van der Waals surface area contributed by atoms with Crippen LogP contribution in [0.4, 0.5) is 0 Å². The second kappa shape index (κ2) is 8.59. The Bertz CT molecular complexity index is 525. The average Bonchev–Trinajstić information content (AvgIpc) is 2.42. The van der Waals surface area contributed by atoms with Gasteiger partial charge in [-0.2, -0.15) is 0 Å². The maximum atomic E-state index is 9.84. The van der Waals surface area contributed by atoms with Crippen LogP contribution in [-0.4, -0.2) is 57.7 Å². The van der Waals surface area contributed by atoms with Crippen molar-refractivity contribution in [3.8, 4) is 5.75 Å². The molecule has 0 amide bonds. The molecule has 4 heteroatoms. The second-order valence-corrected chi connectivity index (χ2v) is 5.01. The average molecular weight is 467 g/mol. The molecule has 1 atom stereocenters. The molecule has 4 radical (unpaired) electrons. The largest absolute Gasteiger partial charge is 0.490 e. The van der Waals surface area contributed by atoms with E-state index in [4.69, 9.17) is 4.74 Å². The zero-order chi connectivity index (χ0) is 13.7. The Kier molecular flexibility index (Phi) is 7.47. The fourth-order valence-corrected chi connectivity index (χ4v) is 1.94. The van der Waals surface area contributed by atoms with E-state index in [1.165, 1.54) is 0 Å². The molecule has 20 heavy (non-hydrogen) atoms. The van der Waals surface area contributed by atoms with Crippen LogP contribution in [-0.2, 0) is 0 Å². The van der Waals surface area contributed by atoms with Gasteiger partial charge in [0.05, 0.1) is 0 Å². The Balaban J connectivity index is 0.00000200. The van der Waals surface area contributed by atoms with Crippen LogP contribution in [0.25, 0.3) is 10.8 Å². The van der Waals surface area contributed by atoms with Gasteiger partial charge in [-0.05, 0) is 11.5 Å². The molecule has 0 heterocycles. The number of ether oxygens (including phenoxy) is 1. The molecule has 2 N–H and O–H groups in total. The SMILES string of the molecule is CC(C)NCC(O)COc1cccc2ccccc12.[Pb]. The van der Waals surface area contributed by atoms with Crippen molar-refractivity contribution in [1.82, 2.24) is 5.32 Å². The van der Waals surface area contributed by atoms with Crippen LogP contribution < -0.4 is 10.1 Å². The first-order valence-electron chi connectivity index (χ1n) is 6.69. The third-order valence-electron chi connectivity index (χ3n) is 2.94. The van der Waals surface area contributed by atoms with Crippen molar-refractivity contribution in [3.63, 3.8) is 0 Å². The first-order valence-corrected chi connectivity index (χ1v) is 6.69. The maximum Gasteiger partial charge on any atom is 0.127 e. The molecule has 106 valence electrons. The number of hydrogen-bond acceptors (Lipinski definition) is 3. The smallest absolute Gasteiger partial charge is 0.127 e. The minimum absolute atomic E-state index is 0. The summed E-state index contributed by atoms with van der Waals surface area (Å²) < 4.78 is 5.72. The predicted octanol–water partition coefficient (Wildman–Crippen LogP) is 2.20. The fraction of sp³-hybridized carbons (Fsp3) is 0.375. The Hall–Kier alpha value is -0.658. The number of aliphatic hydroxyl groups is 1. The number of nitrogens with one attached hydrogen (secondary N) is 1. The van der Waals surface area contributed by atoms with Gasteiger partial charge in [-0.25, -0.2) is 0 Å². The number of fused-ring (bicyclic) bond motifs is 1. The van der Waals surface area contributed by atoms with Crippen molar-refractivity contribution >= 4 is 38.1 Å². The molecule has 2 aromatic rings. The predicted molar refractivity (Wildman–Crippen MR) is 84.3 cm³/mol. The van der Waals surface area contributed by atoms with E-state index in [0.717, 1.165) is 16.5 Å². The fourth-order valence-electron chi connectivity index (χ4n) is 1.94. The van der Waals surface area contributed by atoms with Crippen LogP contribution >= 0.6 is 0 Å². The molecule has 0 aliphatic rings. The molecule has 0 spiro atoms. The molecule has 0 aliphatic carbocycles. The van der Waals surface area contributed by atoms with Crippen molar-refractivity contribution in [2.75, 3.05) is 13.2 Å². The van der Waals surface area contributed by atoms with Crippen molar-refractivity contribution in [2.45, 2.75) is 26.0 Å². The summed E-state index contributed by atoms with van der Waals surface area (Å²) in [5.41, 5.74) is 0. The van der Waals surface area contributed by atoms with Crippen molar-refractivity contribution < 1.29 is 9.84 Å². The summed E-state index contributed by atoms with van der Waals surface area (Å²) in [5, 5.41) is 15.3. The van der Waals surface area contributed by atoms with Crippen molar-refractivity contribution in [1.29, 1.82) is 0 Å². The van der Waals surface area contributed by atoms with E-state index >= 15 is 0 Å². The van der Waals surface area contributed by atoms with E-state index in [-0.39, 0.29) is 27.3 Å². The van der Waals surface area contributed by atoms with E-state index in [2.05, 4.69) is 31.3 Å². The number of hydrogen-bond donors (Lipinski definition) is 2. The molecule has 0 aromatic heterocycles. The van der Waals surface area contributed by atoms with Gasteiger partial charge in [0.15, 0.2) is 0 Å². The molecule has 0 fully saturated rings. The molecular weight excluding hydrogens is 445 g/mol. The summed E-state index contributed by atoms with van der Waals surface area (Å²) in [6.07, 6.45) is -0.499. The van der Waals surface area contributed by atoms with Gasteiger partial charge in [-0.1, -0.05) is 50.2 Å². The minimum Gasteiger partial charge on any atom is -0.490 e. The van der Waals surface area contributed by atoms with E-state index in [1.54, 1.807) is 0 Å². The molecule has 3 nitrogen and oxygen atoms in total. The third kappa shape index (κ3) is 5.03. The van der Waals surface area contributed by atoms with E-state index in [1.807, 2.05) is 30.3 Å². The van der Waals surface area contributed by atoms with Gasteiger partial charge in [0.1, 0.15) is 18.5 Å². The van der Waals surface area contributed by atoms with Crippen molar-refractivity contribution in [3.05, 3.63) is 42.5 Å². The van der Waals surface area contributed by atoms with Gasteiger partial charge in [-0.3, -0.25) is 0 Å². The van der Waals surface area contributed by atoms with E-state index in [9.17, 15) is 5.11 Å². The summed E-state index contributed by atoms with van der Waals surface area (Å²) in [7, 11) is 0. The number of benzene rings is 2. The van der Waals surface area contributed by atoms with E-state index < -0.39 is 6.10 Å². The molecule has 2 aromatic carbocycles. The Morgan fingerprint density at radius 3 is 2.55 bits per heavy atom. The number of aliphatic hydroxyl groups excluding tert-OH is 1. The molecule has 0 bridgehead atoms. The Morgan fingerprint density at radius 2 is 1.80 bits per heavy atom. The van der Waals surface area contributed by atoms with Crippen LogP contribution in [0.3, 0.4) is 0 Å². The molecule has 0 saturated heterocycles. The molecule has 2 rings (SSSR count). The third-order valence-corrected chi connectivity index (χ3v) is 2.94. The maximum absolute atomic E-state index is 9.84. The topological polar surface area (TPSA) is 41.5 Å². The van der Waals surface area contributed by atoms with Crippen LogP contribution in [0.5, 0.6) is 5.75 Å².